The van der Waals surface area contributed by atoms with Gasteiger partial charge in [-0.3, -0.25) is 4.98 Å². The summed E-state index contributed by atoms with van der Waals surface area (Å²) in [4.78, 5) is 7.08. The molecule has 17 heavy (non-hydrogen) atoms. The van der Waals surface area contributed by atoms with Crippen LogP contribution in [-0.4, -0.2) is 9.97 Å². The number of hydrogen-bond acceptors (Lipinski definition) is 1. The number of benzene rings is 1. The Kier molecular flexibility index (Phi) is 2.37. The van der Waals surface area contributed by atoms with E-state index in [1.165, 1.54) is 23.3 Å². The molecule has 0 aliphatic rings. The van der Waals surface area contributed by atoms with E-state index in [0.717, 1.165) is 17.3 Å². The lowest BCUT2D eigenvalue weighted by atomic mass is 10.1. The Bertz CT molecular complexity index is 644. The first-order valence-electron chi connectivity index (χ1n) is 5.47. The Balaban J connectivity index is 2.01. The van der Waals surface area contributed by atoms with Crippen molar-refractivity contribution in [2.24, 2.45) is 0 Å². The van der Waals surface area contributed by atoms with Gasteiger partial charge in [0.05, 0.1) is 0 Å². The molecule has 0 saturated carbocycles. The average molecular weight is 226 g/mol. The van der Waals surface area contributed by atoms with Crippen LogP contribution in [0.5, 0.6) is 0 Å². The van der Waals surface area contributed by atoms with Gasteiger partial charge in [-0.05, 0) is 47.9 Å². The fourth-order valence-corrected chi connectivity index (χ4v) is 2.03. The molecule has 3 rings (SSSR count). The van der Waals surface area contributed by atoms with Gasteiger partial charge in [-0.2, -0.15) is 0 Å². The highest BCUT2D eigenvalue weighted by Gasteiger charge is 2.05. The summed E-state index contributed by atoms with van der Waals surface area (Å²) >= 11 is 0. The standard InChI is InChI=1S/C14H11FN2/c15-12-1-2-13-11(9-17-14(13)8-12)7-10-3-5-16-6-4-10/h1-6,8-9,17H,7H2. The number of halogens is 1. The summed E-state index contributed by atoms with van der Waals surface area (Å²) in [7, 11) is 0. The minimum Gasteiger partial charge on any atom is -0.361 e. The molecule has 2 nitrogen and oxygen atoms in total. The summed E-state index contributed by atoms with van der Waals surface area (Å²) < 4.78 is 13.0. The quantitative estimate of drug-likeness (QED) is 0.713. The molecule has 0 aliphatic heterocycles. The molecule has 1 N–H and O–H groups in total. The van der Waals surface area contributed by atoms with Crippen LogP contribution in [-0.2, 0) is 6.42 Å². The van der Waals surface area contributed by atoms with Crippen LogP contribution in [0.25, 0.3) is 10.9 Å². The third kappa shape index (κ3) is 1.91. The third-order valence-electron chi connectivity index (χ3n) is 2.87. The van der Waals surface area contributed by atoms with Crippen LogP contribution in [0.2, 0.25) is 0 Å². The molecular weight excluding hydrogens is 215 g/mol. The Morgan fingerprint density at radius 2 is 1.94 bits per heavy atom. The summed E-state index contributed by atoms with van der Waals surface area (Å²) in [6.45, 7) is 0. The first kappa shape index (κ1) is 10.0. The monoisotopic (exact) mass is 226 g/mol. The topological polar surface area (TPSA) is 28.7 Å². The highest BCUT2D eigenvalue weighted by molar-refractivity contribution is 5.83. The lowest BCUT2D eigenvalue weighted by Crippen LogP contribution is -1.86. The molecule has 2 aromatic heterocycles. The van der Waals surface area contributed by atoms with Gasteiger partial charge in [-0.25, -0.2) is 4.39 Å². The number of aromatic amines is 1. The van der Waals surface area contributed by atoms with Crippen LogP contribution in [0.15, 0.2) is 48.9 Å². The fourth-order valence-electron chi connectivity index (χ4n) is 2.03. The van der Waals surface area contributed by atoms with E-state index in [2.05, 4.69) is 9.97 Å². The smallest absolute Gasteiger partial charge is 0.125 e. The Morgan fingerprint density at radius 1 is 1.12 bits per heavy atom. The number of pyridine rings is 1. The lowest BCUT2D eigenvalue weighted by Gasteiger charge is -1.99. The normalized spacial score (nSPS) is 10.9. The van der Waals surface area contributed by atoms with Gasteiger partial charge in [-0.1, -0.05) is 0 Å². The minimum absolute atomic E-state index is 0.213. The number of fused-ring (bicyclic) bond motifs is 1. The molecule has 0 unspecified atom stereocenters. The number of hydrogen-bond donors (Lipinski definition) is 1. The lowest BCUT2D eigenvalue weighted by molar-refractivity contribution is 0.629. The van der Waals surface area contributed by atoms with E-state index in [9.17, 15) is 4.39 Å². The maximum Gasteiger partial charge on any atom is 0.125 e. The number of H-pyrrole nitrogens is 1. The molecule has 2 heterocycles. The number of nitrogens with one attached hydrogen (secondary N) is 1. The van der Waals surface area contributed by atoms with Gasteiger partial charge in [0.1, 0.15) is 5.82 Å². The predicted octanol–water partition coefficient (Wildman–Crippen LogP) is 3.29. The minimum atomic E-state index is -0.213. The predicted molar refractivity (Wildman–Crippen MR) is 65.3 cm³/mol. The van der Waals surface area contributed by atoms with Crippen molar-refractivity contribution >= 4 is 10.9 Å². The summed E-state index contributed by atoms with van der Waals surface area (Å²) in [6.07, 6.45) is 6.33. The molecule has 0 atom stereocenters. The molecule has 0 saturated heterocycles. The fraction of sp³-hybridized carbons (Fsp3) is 0.0714. The van der Waals surface area contributed by atoms with Gasteiger partial charge in [0, 0.05) is 29.5 Å². The summed E-state index contributed by atoms with van der Waals surface area (Å²) in [5.74, 6) is -0.213. The van der Waals surface area contributed by atoms with E-state index in [-0.39, 0.29) is 5.82 Å². The van der Waals surface area contributed by atoms with E-state index in [1.54, 1.807) is 12.4 Å². The molecule has 0 fully saturated rings. The van der Waals surface area contributed by atoms with Crippen molar-refractivity contribution in [2.75, 3.05) is 0 Å². The summed E-state index contributed by atoms with van der Waals surface area (Å²) in [5.41, 5.74) is 3.21. The zero-order chi connectivity index (χ0) is 11.7. The molecule has 0 radical (unpaired) electrons. The zero-order valence-electron chi connectivity index (χ0n) is 9.15. The Labute approximate surface area is 98.1 Å². The second kappa shape index (κ2) is 4.01. The number of rotatable bonds is 2. The van der Waals surface area contributed by atoms with Gasteiger partial charge in [-0.15, -0.1) is 0 Å². The molecule has 0 aliphatic carbocycles. The number of nitrogens with zero attached hydrogens (tertiary/aromatic N) is 1. The van der Waals surface area contributed by atoms with Gasteiger partial charge in [0.15, 0.2) is 0 Å². The van der Waals surface area contributed by atoms with Crippen molar-refractivity contribution in [1.82, 2.24) is 9.97 Å². The molecule has 1 aromatic carbocycles. The van der Waals surface area contributed by atoms with Crippen LogP contribution in [0.4, 0.5) is 4.39 Å². The molecule has 0 amide bonds. The average Bonchev–Trinajstić information content (AvgIpc) is 2.73. The van der Waals surface area contributed by atoms with Crippen LogP contribution in [0, 0.1) is 5.82 Å². The SMILES string of the molecule is Fc1ccc2c(Cc3ccncc3)c[nH]c2c1. The Hall–Kier alpha value is -2.16. The van der Waals surface area contributed by atoms with Gasteiger partial charge < -0.3 is 4.98 Å². The van der Waals surface area contributed by atoms with Gasteiger partial charge >= 0.3 is 0 Å². The highest BCUT2D eigenvalue weighted by atomic mass is 19.1. The van der Waals surface area contributed by atoms with E-state index in [1.807, 2.05) is 24.4 Å². The largest absolute Gasteiger partial charge is 0.361 e. The molecule has 3 heteroatoms. The second-order valence-corrected chi connectivity index (χ2v) is 4.04. The van der Waals surface area contributed by atoms with Crippen molar-refractivity contribution in [3.63, 3.8) is 0 Å². The van der Waals surface area contributed by atoms with Crippen molar-refractivity contribution in [3.8, 4) is 0 Å². The summed E-state index contributed by atoms with van der Waals surface area (Å²) in [6, 6.07) is 8.81. The maximum absolute atomic E-state index is 13.0. The molecule has 3 aromatic rings. The van der Waals surface area contributed by atoms with Crippen LogP contribution >= 0.6 is 0 Å². The van der Waals surface area contributed by atoms with Crippen LogP contribution < -0.4 is 0 Å². The van der Waals surface area contributed by atoms with E-state index in [4.69, 9.17) is 0 Å². The van der Waals surface area contributed by atoms with Crippen LogP contribution in [0.1, 0.15) is 11.1 Å². The maximum atomic E-state index is 13.0. The van der Waals surface area contributed by atoms with E-state index < -0.39 is 0 Å². The second-order valence-electron chi connectivity index (χ2n) is 4.04. The molecule has 0 bridgehead atoms. The molecule has 84 valence electrons. The van der Waals surface area contributed by atoms with Crippen molar-refractivity contribution in [3.05, 3.63) is 65.9 Å². The Morgan fingerprint density at radius 3 is 2.76 bits per heavy atom. The van der Waals surface area contributed by atoms with E-state index >= 15 is 0 Å². The van der Waals surface area contributed by atoms with Gasteiger partial charge in [0.2, 0.25) is 0 Å². The van der Waals surface area contributed by atoms with Crippen molar-refractivity contribution in [1.29, 1.82) is 0 Å². The van der Waals surface area contributed by atoms with Crippen molar-refractivity contribution in [2.45, 2.75) is 6.42 Å². The number of aromatic nitrogens is 2. The first-order valence-corrected chi connectivity index (χ1v) is 5.47. The van der Waals surface area contributed by atoms with Crippen molar-refractivity contribution < 1.29 is 4.39 Å². The third-order valence-corrected chi connectivity index (χ3v) is 2.87. The molecular formula is C14H11FN2. The zero-order valence-corrected chi connectivity index (χ0v) is 9.15. The van der Waals surface area contributed by atoms with Crippen LogP contribution in [0.3, 0.4) is 0 Å². The highest BCUT2D eigenvalue weighted by Crippen LogP contribution is 2.21. The van der Waals surface area contributed by atoms with E-state index in [0.29, 0.717) is 0 Å². The van der Waals surface area contributed by atoms with Gasteiger partial charge in [0.25, 0.3) is 0 Å². The summed E-state index contributed by atoms with van der Waals surface area (Å²) in [5, 5.41) is 1.07. The molecule has 0 spiro atoms. The first-order chi connectivity index (χ1) is 8.33.